The lowest BCUT2D eigenvalue weighted by molar-refractivity contribution is -0.118. The number of carbonyl (C=O) groups is 1. The third-order valence-corrected chi connectivity index (χ3v) is 4.60. The maximum Gasteiger partial charge on any atom is 0.262 e. The van der Waals surface area contributed by atoms with E-state index in [1.807, 2.05) is 43.3 Å². The SMILES string of the molecule is COc1cccc(OCC(=O)Nc2cccc(-c3nnc(-c4ccccc4C)o3)c2)c1. The number of carbonyl (C=O) groups excluding carboxylic acids is 1. The summed E-state index contributed by atoms with van der Waals surface area (Å²) < 4.78 is 16.5. The quantitative estimate of drug-likeness (QED) is 0.469. The van der Waals surface area contributed by atoms with Crippen molar-refractivity contribution in [2.75, 3.05) is 19.0 Å². The molecule has 1 N–H and O–H groups in total. The Hall–Kier alpha value is -4.13. The summed E-state index contributed by atoms with van der Waals surface area (Å²) in [5.41, 5.74) is 3.25. The van der Waals surface area contributed by atoms with Crippen LogP contribution in [0.15, 0.2) is 77.2 Å². The lowest BCUT2D eigenvalue weighted by Crippen LogP contribution is -2.20. The Morgan fingerprint density at radius 1 is 0.935 bits per heavy atom. The fraction of sp³-hybridized carbons (Fsp3) is 0.125. The van der Waals surface area contributed by atoms with E-state index in [0.29, 0.717) is 34.5 Å². The van der Waals surface area contributed by atoms with Crippen LogP contribution >= 0.6 is 0 Å². The third-order valence-electron chi connectivity index (χ3n) is 4.60. The monoisotopic (exact) mass is 415 g/mol. The molecule has 31 heavy (non-hydrogen) atoms. The van der Waals surface area contributed by atoms with E-state index in [4.69, 9.17) is 13.9 Å². The average molecular weight is 415 g/mol. The summed E-state index contributed by atoms with van der Waals surface area (Å²) in [6.07, 6.45) is 0. The zero-order valence-corrected chi connectivity index (χ0v) is 17.2. The van der Waals surface area contributed by atoms with E-state index in [1.165, 1.54) is 0 Å². The molecule has 4 aromatic rings. The van der Waals surface area contributed by atoms with Gasteiger partial charge in [-0.05, 0) is 48.9 Å². The predicted octanol–water partition coefficient (Wildman–Crippen LogP) is 4.74. The maximum absolute atomic E-state index is 12.3. The number of amides is 1. The van der Waals surface area contributed by atoms with Crippen molar-refractivity contribution in [2.45, 2.75) is 6.92 Å². The molecule has 0 radical (unpaired) electrons. The fourth-order valence-electron chi connectivity index (χ4n) is 3.03. The van der Waals surface area contributed by atoms with Crippen molar-refractivity contribution in [2.24, 2.45) is 0 Å². The number of nitrogens with zero attached hydrogens (tertiary/aromatic N) is 2. The molecule has 0 atom stereocenters. The number of nitrogens with one attached hydrogen (secondary N) is 1. The van der Waals surface area contributed by atoms with Gasteiger partial charge in [0.05, 0.1) is 7.11 Å². The summed E-state index contributed by atoms with van der Waals surface area (Å²) in [6, 6.07) is 22.1. The largest absolute Gasteiger partial charge is 0.497 e. The minimum absolute atomic E-state index is 0.130. The molecule has 1 heterocycles. The summed E-state index contributed by atoms with van der Waals surface area (Å²) in [7, 11) is 1.58. The van der Waals surface area contributed by atoms with Gasteiger partial charge in [0, 0.05) is 22.9 Å². The number of aryl methyl sites for hydroxylation is 1. The molecule has 3 aromatic carbocycles. The number of ether oxygens (including phenoxy) is 2. The molecule has 0 saturated carbocycles. The molecule has 156 valence electrons. The van der Waals surface area contributed by atoms with Crippen LogP contribution in [0.4, 0.5) is 5.69 Å². The van der Waals surface area contributed by atoms with E-state index in [9.17, 15) is 4.79 Å². The van der Waals surface area contributed by atoms with Gasteiger partial charge in [0.1, 0.15) is 11.5 Å². The molecule has 0 aliphatic rings. The van der Waals surface area contributed by atoms with Crippen molar-refractivity contribution in [3.63, 3.8) is 0 Å². The predicted molar refractivity (Wildman–Crippen MR) is 117 cm³/mol. The van der Waals surface area contributed by atoms with Crippen LogP contribution in [0.3, 0.4) is 0 Å². The van der Waals surface area contributed by atoms with E-state index in [0.717, 1.165) is 11.1 Å². The summed E-state index contributed by atoms with van der Waals surface area (Å²) in [5.74, 6) is 1.76. The van der Waals surface area contributed by atoms with Crippen molar-refractivity contribution in [1.82, 2.24) is 10.2 Å². The lowest BCUT2D eigenvalue weighted by atomic mass is 10.1. The first-order valence-electron chi connectivity index (χ1n) is 9.69. The van der Waals surface area contributed by atoms with Gasteiger partial charge in [0.15, 0.2) is 6.61 Å². The molecule has 0 bridgehead atoms. The normalized spacial score (nSPS) is 10.5. The van der Waals surface area contributed by atoms with Gasteiger partial charge in [-0.15, -0.1) is 10.2 Å². The molecule has 0 spiro atoms. The van der Waals surface area contributed by atoms with Gasteiger partial charge in [-0.25, -0.2) is 0 Å². The fourth-order valence-corrected chi connectivity index (χ4v) is 3.03. The zero-order valence-electron chi connectivity index (χ0n) is 17.2. The first kappa shape index (κ1) is 20.2. The van der Waals surface area contributed by atoms with Crippen LogP contribution in [-0.2, 0) is 4.79 Å². The second kappa shape index (κ2) is 9.13. The number of aromatic nitrogens is 2. The highest BCUT2D eigenvalue weighted by Crippen LogP contribution is 2.27. The van der Waals surface area contributed by atoms with Crippen molar-refractivity contribution in [1.29, 1.82) is 0 Å². The Morgan fingerprint density at radius 2 is 1.71 bits per heavy atom. The smallest absolute Gasteiger partial charge is 0.262 e. The van der Waals surface area contributed by atoms with Crippen molar-refractivity contribution < 1.29 is 18.7 Å². The molecular weight excluding hydrogens is 394 g/mol. The van der Waals surface area contributed by atoms with Crippen molar-refractivity contribution >= 4 is 11.6 Å². The average Bonchev–Trinajstić information content (AvgIpc) is 3.28. The number of benzene rings is 3. The van der Waals surface area contributed by atoms with Crippen LogP contribution in [0.25, 0.3) is 22.9 Å². The van der Waals surface area contributed by atoms with E-state index in [2.05, 4.69) is 15.5 Å². The van der Waals surface area contributed by atoms with Gasteiger partial charge >= 0.3 is 0 Å². The molecule has 1 amide bonds. The van der Waals surface area contributed by atoms with Crippen LogP contribution in [0.1, 0.15) is 5.56 Å². The molecule has 7 heteroatoms. The zero-order chi connectivity index (χ0) is 21.6. The van der Waals surface area contributed by atoms with Crippen LogP contribution in [-0.4, -0.2) is 29.8 Å². The summed E-state index contributed by atoms with van der Waals surface area (Å²) in [5, 5.41) is 11.1. The molecule has 4 rings (SSSR count). The highest BCUT2D eigenvalue weighted by molar-refractivity contribution is 5.92. The minimum atomic E-state index is -0.286. The molecule has 0 fully saturated rings. The number of rotatable bonds is 7. The van der Waals surface area contributed by atoms with E-state index >= 15 is 0 Å². The number of methoxy groups -OCH3 is 1. The highest BCUT2D eigenvalue weighted by atomic mass is 16.5. The van der Waals surface area contributed by atoms with Gasteiger partial charge in [-0.2, -0.15) is 0 Å². The summed E-state index contributed by atoms with van der Waals surface area (Å²) in [6.45, 7) is 1.86. The Bertz CT molecular complexity index is 1200. The molecule has 0 aliphatic heterocycles. The van der Waals surface area contributed by atoms with Gasteiger partial charge in [-0.1, -0.05) is 30.3 Å². The summed E-state index contributed by atoms with van der Waals surface area (Å²) in [4.78, 5) is 12.3. The standard InChI is InChI=1S/C24H21N3O4/c1-16-7-3-4-12-21(16)24-27-26-23(31-24)17-8-5-9-18(13-17)25-22(28)15-30-20-11-6-10-19(14-20)29-2/h3-14H,15H2,1-2H3,(H,25,28). The van der Waals surface area contributed by atoms with E-state index < -0.39 is 0 Å². The second-order valence-electron chi connectivity index (χ2n) is 6.82. The van der Waals surface area contributed by atoms with Gasteiger partial charge in [0.25, 0.3) is 5.91 Å². The van der Waals surface area contributed by atoms with Crippen molar-refractivity contribution in [3.8, 4) is 34.4 Å². The number of hydrogen-bond acceptors (Lipinski definition) is 6. The van der Waals surface area contributed by atoms with Gasteiger partial charge in [-0.3, -0.25) is 4.79 Å². The molecule has 0 saturated heterocycles. The lowest BCUT2D eigenvalue weighted by Gasteiger charge is -2.09. The molecule has 1 aromatic heterocycles. The van der Waals surface area contributed by atoms with Crippen LogP contribution in [0.2, 0.25) is 0 Å². The topological polar surface area (TPSA) is 86.5 Å². The Labute approximate surface area is 179 Å². The van der Waals surface area contributed by atoms with Gasteiger partial charge in [0.2, 0.25) is 11.8 Å². The summed E-state index contributed by atoms with van der Waals surface area (Å²) >= 11 is 0. The number of hydrogen-bond donors (Lipinski definition) is 1. The Balaban J connectivity index is 1.42. The molecular formula is C24H21N3O4. The minimum Gasteiger partial charge on any atom is -0.497 e. The third kappa shape index (κ3) is 4.90. The first-order valence-corrected chi connectivity index (χ1v) is 9.69. The van der Waals surface area contributed by atoms with Crippen LogP contribution in [0, 0.1) is 6.92 Å². The van der Waals surface area contributed by atoms with Gasteiger partial charge < -0.3 is 19.2 Å². The second-order valence-corrected chi connectivity index (χ2v) is 6.82. The van der Waals surface area contributed by atoms with E-state index in [1.54, 1.807) is 43.5 Å². The molecule has 0 unspecified atom stereocenters. The van der Waals surface area contributed by atoms with Crippen LogP contribution in [0.5, 0.6) is 11.5 Å². The first-order chi connectivity index (χ1) is 15.1. The Kier molecular flexibility index (Phi) is 5.93. The molecule has 7 nitrogen and oxygen atoms in total. The van der Waals surface area contributed by atoms with Crippen LogP contribution < -0.4 is 14.8 Å². The number of anilines is 1. The maximum atomic E-state index is 12.3. The van der Waals surface area contributed by atoms with Crippen molar-refractivity contribution in [3.05, 3.63) is 78.4 Å². The Morgan fingerprint density at radius 3 is 2.55 bits per heavy atom. The van der Waals surface area contributed by atoms with E-state index in [-0.39, 0.29) is 12.5 Å². The molecule has 0 aliphatic carbocycles. The highest BCUT2D eigenvalue weighted by Gasteiger charge is 2.13.